The van der Waals surface area contributed by atoms with E-state index < -0.39 is 0 Å². The Hall–Kier alpha value is -2.06. The molecular weight excluding hydrogens is 292 g/mol. The lowest BCUT2D eigenvalue weighted by Crippen LogP contribution is -2.31. The molecule has 1 aliphatic rings. The minimum Gasteiger partial charge on any atom is -0.347 e. The van der Waals surface area contributed by atoms with Gasteiger partial charge >= 0.3 is 0 Å². The van der Waals surface area contributed by atoms with Crippen LogP contribution in [0.4, 0.5) is 0 Å². The molecule has 0 bridgehead atoms. The van der Waals surface area contributed by atoms with E-state index in [-0.39, 0.29) is 0 Å². The molecule has 0 aliphatic carbocycles. The Kier molecular flexibility index (Phi) is 4.40. The van der Waals surface area contributed by atoms with Crippen molar-refractivity contribution >= 4 is 10.9 Å². The minimum atomic E-state index is 1.11. The average Bonchev–Trinajstić information content (AvgIpc) is 2.92. The second-order valence-electron chi connectivity index (χ2n) is 6.97. The summed E-state index contributed by atoms with van der Waals surface area (Å²) in [6, 6.07) is 19.7. The Morgan fingerprint density at radius 2 is 1.71 bits per heavy atom. The Morgan fingerprint density at radius 1 is 0.917 bits per heavy atom. The number of aromatic nitrogens is 1. The number of para-hydroxylation sites is 1. The first-order valence-electron chi connectivity index (χ1n) is 9.14. The standard InChI is InChI=1S/C22H26N2/c1-23-21-13-6-5-12-19(21)20-17-24(16-14-22(20)23)15-8-7-11-18-9-3-2-4-10-18/h2-6,9-10,12-13H,7-8,11,14-17H2,1H3. The maximum absolute atomic E-state index is 2.64. The molecule has 0 unspecified atom stereocenters. The summed E-state index contributed by atoms with van der Waals surface area (Å²) in [6.45, 7) is 3.53. The lowest BCUT2D eigenvalue weighted by atomic mass is 10.0. The highest BCUT2D eigenvalue weighted by atomic mass is 15.1. The normalized spacial score (nSPS) is 14.9. The summed E-state index contributed by atoms with van der Waals surface area (Å²) < 4.78 is 2.40. The number of rotatable bonds is 5. The Morgan fingerprint density at radius 3 is 2.58 bits per heavy atom. The van der Waals surface area contributed by atoms with Gasteiger partial charge in [0.1, 0.15) is 0 Å². The maximum Gasteiger partial charge on any atom is 0.0483 e. The van der Waals surface area contributed by atoms with Gasteiger partial charge in [0.05, 0.1) is 0 Å². The summed E-state index contributed by atoms with van der Waals surface area (Å²) in [7, 11) is 2.22. The van der Waals surface area contributed by atoms with E-state index in [0.717, 1.165) is 6.54 Å². The summed E-state index contributed by atoms with van der Waals surface area (Å²) in [5.41, 5.74) is 5.94. The number of unbranched alkanes of at least 4 members (excludes halogenated alkanes) is 1. The van der Waals surface area contributed by atoms with Crippen LogP contribution < -0.4 is 0 Å². The van der Waals surface area contributed by atoms with Gasteiger partial charge in [-0.2, -0.15) is 0 Å². The maximum atomic E-state index is 2.64. The predicted octanol–water partition coefficient (Wildman–Crippen LogP) is 4.56. The van der Waals surface area contributed by atoms with Crippen LogP contribution in [-0.4, -0.2) is 22.6 Å². The zero-order valence-electron chi connectivity index (χ0n) is 14.5. The van der Waals surface area contributed by atoms with E-state index in [0.29, 0.717) is 0 Å². The second kappa shape index (κ2) is 6.82. The van der Waals surface area contributed by atoms with Gasteiger partial charge < -0.3 is 4.57 Å². The van der Waals surface area contributed by atoms with Crippen molar-refractivity contribution in [3.63, 3.8) is 0 Å². The van der Waals surface area contributed by atoms with E-state index in [2.05, 4.69) is 71.1 Å². The lowest BCUT2D eigenvalue weighted by Gasteiger charge is -2.27. The SMILES string of the molecule is Cn1c2c(c3ccccc31)CN(CCCCc1ccccc1)CC2. The third-order valence-corrected chi connectivity index (χ3v) is 5.42. The van der Waals surface area contributed by atoms with Gasteiger partial charge in [0.25, 0.3) is 0 Å². The van der Waals surface area contributed by atoms with Crippen molar-refractivity contribution < 1.29 is 0 Å². The van der Waals surface area contributed by atoms with Crippen molar-refractivity contribution in [1.82, 2.24) is 9.47 Å². The molecule has 0 atom stereocenters. The van der Waals surface area contributed by atoms with Gasteiger partial charge in [-0.3, -0.25) is 4.90 Å². The molecule has 2 aromatic carbocycles. The monoisotopic (exact) mass is 318 g/mol. The van der Waals surface area contributed by atoms with Crippen molar-refractivity contribution in [2.24, 2.45) is 7.05 Å². The van der Waals surface area contributed by atoms with E-state index in [9.17, 15) is 0 Å². The number of benzene rings is 2. The molecule has 2 heteroatoms. The predicted molar refractivity (Wildman–Crippen MR) is 101 cm³/mol. The van der Waals surface area contributed by atoms with Gasteiger partial charge in [-0.25, -0.2) is 0 Å². The Balaban J connectivity index is 1.37. The number of aryl methyl sites for hydroxylation is 2. The molecule has 0 amide bonds. The molecule has 1 aromatic heterocycles. The molecule has 0 radical (unpaired) electrons. The molecule has 0 saturated carbocycles. The summed E-state index contributed by atoms with van der Waals surface area (Å²) in [4.78, 5) is 2.64. The van der Waals surface area contributed by atoms with Crippen molar-refractivity contribution in [3.8, 4) is 0 Å². The van der Waals surface area contributed by atoms with Crippen molar-refractivity contribution in [1.29, 1.82) is 0 Å². The van der Waals surface area contributed by atoms with Gasteiger partial charge in [-0.15, -0.1) is 0 Å². The molecule has 2 heterocycles. The van der Waals surface area contributed by atoms with Crippen LogP contribution in [-0.2, 0) is 26.4 Å². The van der Waals surface area contributed by atoms with Gasteiger partial charge in [-0.1, -0.05) is 48.5 Å². The van der Waals surface area contributed by atoms with E-state index in [4.69, 9.17) is 0 Å². The van der Waals surface area contributed by atoms with E-state index >= 15 is 0 Å². The van der Waals surface area contributed by atoms with Crippen LogP contribution in [0.3, 0.4) is 0 Å². The number of hydrogen-bond acceptors (Lipinski definition) is 1. The van der Waals surface area contributed by atoms with Crippen LogP contribution in [0.1, 0.15) is 29.7 Å². The molecule has 4 rings (SSSR count). The molecule has 0 fully saturated rings. The van der Waals surface area contributed by atoms with Crippen molar-refractivity contribution in [3.05, 3.63) is 71.4 Å². The molecule has 0 saturated heterocycles. The van der Waals surface area contributed by atoms with Crippen LogP contribution in [0.2, 0.25) is 0 Å². The lowest BCUT2D eigenvalue weighted by molar-refractivity contribution is 0.247. The Bertz CT molecular complexity index is 817. The molecule has 0 N–H and O–H groups in total. The first-order valence-corrected chi connectivity index (χ1v) is 9.14. The van der Waals surface area contributed by atoms with Crippen LogP contribution in [0.5, 0.6) is 0 Å². The fourth-order valence-electron chi connectivity index (χ4n) is 4.09. The summed E-state index contributed by atoms with van der Waals surface area (Å²) in [6.07, 6.45) is 4.95. The van der Waals surface area contributed by atoms with Crippen LogP contribution in [0, 0.1) is 0 Å². The van der Waals surface area contributed by atoms with Crippen LogP contribution >= 0.6 is 0 Å². The van der Waals surface area contributed by atoms with Gasteiger partial charge in [0.2, 0.25) is 0 Å². The molecule has 24 heavy (non-hydrogen) atoms. The van der Waals surface area contributed by atoms with Crippen molar-refractivity contribution in [2.75, 3.05) is 13.1 Å². The molecule has 124 valence electrons. The summed E-state index contributed by atoms with van der Waals surface area (Å²) in [5.74, 6) is 0. The van der Waals surface area contributed by atoms with E-state index in [1.807, 2.05) is 0 Å². The topological polar surface area (TPSA) is 8.17 Å². The number of fused-ring (bicyclic) bond motifs is 3. The van der Waals surface area contributed by atoms with Crippen molar-refractivity contribution in [2.45, 2.75) is 32.2 Å². The quantitative estimate of drug-likeness (QED) is 0.626. The third kappa shape index (κ3) is 2.99. The zero-order valence-corrected chi connectivity index (χ0v) is 14.5. The van der Waals surface area contributed by atoms with Gasteiger partial charge in [0, 0.05) is 43.2 Å². The number of hydrogen-bond donors (Lipinski definition) is 0. The van der Waals surface area contributed by atoms with Gasteiger partial charge in [-0.05, 0) is 43.0 Å². The average molecular weight is 318 g/mol. The molecule has 2 nitrogen and oxygen atoms in total. The Labute approximate surface area is 144 Å². The fraction of sp³-hybridized carbons (Fsp3) is 0.364. The van der Waals surface area contributed by atoms with E-state index in [1.54, 1.807) is 5.56 Å². The zero-order chi connectivity index (χ0) is 16.4. The van der Waals surface area contributed by atoms with Crippen LogP contribution in [0.25, 0.3) is 10.9 Å². The highest BCUT2D eigenvalue weighted by Gasteiger charge is 2.22. The molecular formula is C22H26N2. The first-order chi connectivity index (χ1) is 11.8. The second-order valence-corrected chi connectivity index (χ2v) is 6.97. The summed E-state index contributed by atoms with van der Waals surface area (Å²) in [5, 5.41) is 1.45. The molecule has 0 spiro atoms. The van der Waals surface area contributed by atoms with Gasteiger partial charge in [0.15, 0.2) is 0 Å². The highest BCUT2D eigenvalue weighted by Crippen LogP contribution is 2.30. The largest absolute Gasteiger partial charge is 0.347 e. The smallest absolute Gasteiger partial charge is 0.0483 e. The number of nitrogens with zero attached hydrogens (tertiary/aromatic N) is 2. The fourth-order valence-corrected chi connectivity index (χ4v) is 4.09. The summed E-state index contributed by atoms with van der Waals surface area (Å²) >= 11 is 0. The van der Waals surface area contributed by atoms with E-state index in [1.165, 1.54) is 60.9 Å². The molecule has 1 aliphatic heterocycles. The highest BCUT2D eigenvalue weighted by molar-refractivity contribution is 5.85. The first kappa shape index (κ1) is 15.5. The van der Waals surface area contributed by atoms with Crippen LogP contribution in [0.15, 0.2) is 54.6 Å². The molecule has 3 aromatic rings. The third-order valence-electron chi connectivity index (χ3n) is 5.42. The minimum absolute atomic E-state index is 1.11.